The van der Waals surface area contributed by atoms with Crippen molar-refractivity contribution in [3.05, 3.63) is 34.9 Å². The Hall–Kier alpha value is -0.380. The van der Waals surface area contributed by atoms with Gasteiger partial charge >= 0.3 is 0 Å². The van der Waals surface area contributed by atoms with Crippen LogP contribution in [0.5, 0.6) is 0 Å². The second-order valence-electron chi connectivity index (χ2n) is 6.33. The number of hydrogen-bond acceptors (Lipinski definition) is 2. The maximum Gasteiger partial charge on any atom is 0.0530 e. The molecular formula is C17H26ClNOS. The quantitative estimate of drug-likeness (QED) is 0.885. The molecule has 0 bridgehead atoms. The van der Waals surface area contributed by atoms with E-state index < -0.39 is 10.8 Å². The van der Waals surface area contributed by atoms with Crippen LogP contribution in [-0.4, -0.2) is 22.0 Å². The van der Waals surface area contributed by atoms with Crippen LogP contribution in [0, 0.1) is 11.8 Å². The van der Waals surface area contributed by atoms with Crippen LogP contribution in [-0.2, 0) is 16.6 Å². The molecule has 5 atom stereocenters. The maximum atomic E-state index is 12.9. The smallest absolute Gasteiger partial charge is 0.0530 e. The minimum Gasteiger partial charge on any atom is -0.313 e. The number of benzene rings is 1. The molecule has 118 valence electrons. The first-order valence-corrected chi connectivity index (χ1v) is 9.62. The van der Waals surface area contributed by atoms with Crippen LogP contribution >= 0.6 is 11.6 Å². The van der Waals surface area contributed by atoms with E-state index in [0.717, 1.165) is 23.6 Å². The third kappa shape index (κ3) is 4.54. The zero-order valence-corrected chi connectivity index (χ0v) is 14.7. The van der Waals surface area contributed by atoms with Gasteiger partial charge in [-0.25, -0.2) is 0 Å². The van der Waals surface area contributed by atoms with Gasteiger partial charge < -0.3 is 5.32 Å². The summed E-state index contributed by atoms with van der Waals surface area (Å²) in [6, 6.07) is 8.10. The largest absolute Gasteiger partial charge is 0.313 e. The normalized spacial score (nSPS) is 31.0. The second kappa shape index (κ2) is 7.75. The van der Waals surface area contributed by atoms with Crippen molar-refractivity contribution in [1.29, 1.82) is 0 Å². The standard InChI is InChI=1S/C17H26ClNOS/c1-4-19-16-10-12(2)9-13(3)17(16)21(20)11-14-5-7-15(18)8-6-14/h5-8,12-13,16-17,19H,4,9-11H2,1-3H3. The Bertz CT molecular complexity index is 476. The predicted molar refractivity (Wildman–Crippen MR) is 92.1 cm³/mol. The van der Waals surface area contributed by atoms with Gasteiger partial charge in [-0.15, -0.1) is 0 Å². The van der Waals surface area contributed by atoms with Crippen molar-refractivity contribution in [2.45, 2.75) is 50.7 Å². The van der Waals surface area contributed by atoms with Crippen molar-refractivity contribution in [2.75, 3.05) is 6.54 Å². The third-order valence-corrected chi connectivity index (χ3v) is 6.65. The summed E-state index contributed by atoms with van der Waals surface area (Å²) in [5.74, 6) is 1.85. The number of hydrogen-bond donors (Lipinski definition) is 1. The predicted octanol–water partition coefficient (Wildman–Crippen LogP) is 4.00. The molecule has 1 aromatic carbocycles. The van der Waals surface area contributed by atoms with Crippen molar-refractivity contribution >= 4 is 22.4 Å². The highest BCUT2D eigenvalue weighted by molar-refractivity contribution is 7.84. The van der Waals surface area contributed by atoms with E-state index >= 15 is 0 Å². The monoisotopic (exact) mass is 327 g/mol. The summed E-state index contributed by atoms with van der Waals surface area (Å²) >= 11 is 5.91. The second-order valence-corrected chi connectivity index (χ2v) is 8.37. The Labute approximate surface area is 136 Å². The molecule has 1 aliphatic rings. The molecule has 0 radical (unpaired) electrons. The molecule has 2 nitrogen and oxygen atoms in total. The lowest BCUT2D eigenvalue weighted by atomic mass is 9.80. The summed E-state index contributed by atoms with van der Waals surface area (Å²) in [4.78, 5) is 0. The zero-order chi connectivity index (χ0) is 15.4. The molecule has 0 aromatic heterocycles. The van der Waals surface area contributed by atoms with Crippen LogP contribution in [0.1, 0.15) is 39.2 Å². The van der Waals surface area contributed by atoms with E-state index in [9.17, 15) is 4.21 Å². The van der Waals surface area contributed by atoms with E-state index in [2.05, 4.69) is 26.1 Å². The SMILES string of the molecule is CCNC1CC(C)CC(C)C1S(=O)Cc1ccc(Cl)cc1. The highest BCUT2D eigenvalue weighted by Crippen LogP contribution is 2.33. The Morgan fingerprint density at radius 2 is 1.90 bits per heavy atom. The van der Waals surface area contributed by atoms with Crippen LogP contribution in [0.3, 0.4) is 0 Å². The Morgan fingerprint density at radius 1 is 1.24 bits per heavy atom. The van der Waals surface area contributed by atoms with Gasteiger partial charge in [0, 0.05) is 27.6 Å². The first kappa shape index (κ1) is 17.0. The van der Waals surface area contributed by atoms with Crippen LogP contribution in [0.15, 0.2) is 24.3 Å². The summed E-state index contributed by atoms with van der Waals surface area (Å²) in [6.07, 6.45) is 2.31. The average molecular weight is 328 g/mol. The fourth-order valence-corrected chi connectivity index (χ4v) is 5.62. The highest BCUT2D eigenvalue weighted by atomic mass is 35.5. The van der Waals surface area contributed by atoms with E-state index in [-0.39, 0.29) is 5.25 Å². The van der Waals surface area contributed by atoms with Crippen molar-refractivity contribution in [2.24, 2.45) is 11.8 Å². The molecule has 1 fully saturated rings. The maximum absolute atomic E-state index is 12.9. The van der Waals surface area contributed by atoms with E-state index in [1.165, 1.54) is 6.42 Å². The molecule has 0 heterocycles. The van der Waals surface area contributed by atoms with Crippen LogP contribution < -0.4 is 5.32 Å². The van der Waals surface area contributed by atoms with Gasteiger partial charge in [-0.3, -0.25) is 4.21 Å². The van der Waals surface area contributed by atoms with Crippen molar-refractivity contribution in [3.8, 4) is 0 Å². The Morgan fingerprint density at radius 3 is 2.52 bits per heavy atom. The molecule has 0 amide bonds. The summed E-state index contributed by atoms with van der Waals surface area (Å²) in [6.45, 7) is 7.63. The lowest BCUT2D eigenvalue weighted by Gasteiger charge is -2.39. The van der Waals surface area contributed by atoms with Crippen LogP contribution in [0.4, 0.5) is 0 Å². The van der Waals surface area contributed by atoms with Crippen molar-refractivity contribution in [3.63, 3.8) is 0 Å². The van der Waals surface area contributed by atoms with Crippen molar-refractivity contribution in [1.82, 2.24) is 5.32 Å². The summed E-state index contributed by atoms with van der Waals surface area (Å²) < 4.78 is 12.9. The molecule has 0 aliphatic heterocycles. The van der Waals surface area contributed by atoms with Crippen molar-refractivity contribution < 1.29 is 4.21 Å². The summed E-state index contributed by atoms with van der Waals surface area (Å²) in [5.41, 5.74) is 1.11. The van der Waals surface area contributed by atoms with Gasteiger partial charge in [0.2, 0.25) is 0 Å². The minimum absolute atomic E-state index is 0.247. The molecule has 4 heteroatoms. The van der Waals surface area contributed by atoms with Gasteiger partial charge in [0.15, 0.2) is 0 Å². The fraction of sp³-hybridized carbons (Fsp3) is 0.647. The molecule has 21 heavy (non-hydrogen) atoms. The number of halogens is 1. The third-order valence-electron chi connectivity index (χ3n) is 4.38. The minimum atomic E-state index is -0.846. The summed E-state index contributed by atoms with van der Waals surface area (Å²) in [5, 5.41) is 4.54. The Kier molecular flexibility index (Phi) is 6.27. The highest BCUT2D eigenvalue weighted by Gasteiger charge is 2.37. The average Bonchev–Trinajstić information content (AvgIpc) is 2.41. The molecule has 1 aromatic rings. The van der Waals surface area contributed by atoms with Gasteiger partial charge in [-0.05, 0) is 48.9 Å². The molecular weight excluding hydrogens is 302 g/mol. The zero-order valence-electron chi connectivity index (χ0n) is 13.1. The molecule has 0 saturated heterocycles. The van der Waals surface area contributed by atoms with E-state index in [1.807, 2.05) is 24.3 Å². The molecule has 0 spiro atoms. The van der Waals surface area contributed by atoms with E-state index in [1.54, 1.807) is 0 Å². The van der Waals surface area contributed by atoms with Crippen LogP contribution in [0.25, 0.3) is 0 Å². The first-order valence-electron chi connectivity index (χ1n) is 7.86. The molecule has 1 N–H and O–H groups in total. The van der Waals surface area contributed by atoms with Crippen LogP contribution in [0.2, 0.25) is 5.02 Å². The number of nitrogens with one attached hydrogen (secondary N) is 1. The first-order chi connectivity index (χ1) is 10.0. The molecule has 1 saturated carbocycles. The van der Waals surface area contributed by atoms with Gasteiger partial charge in [0.25, 0.3) is 0 Å². The molecule has 1 aliphatic carbocycles. The van der Waals surface area contributed by atoms with Gasteiger partial charge in [0.05, 0.1) is 5.25 Å². The van der Waals surface area contributed by atoms with Gasteiger partial charge in [0.1, 0.15) is 0 Å². The number of rotatable bonds is 5. The van der Waals surface area contributed by atoms with E-state index in [4.69, 9.17) is 11.6 Å². The Balaban J connectivity index is 2.08. The van der Waals surface area contributed by atoms with E-state index in [0.29, 0.717) is 23.6 Å². The fourth-order valence-electron chi connectivity index (χ4n) is 3.57. The lowest BCUT2D eigenvalue weighted by Crippen LogP contribution is -2.50. The van der Waals surface area contributed by atoms with Gasteiger partial charge in [-0.2, -0.15) is 0 Å². The summed E-state index contributed by atoms with van der Waals surface area (Å²) in [7, 11) is -0.846. The lowest BCUT2D eigenvalue weighted by molar-refractivity contribution is 0.248. The van der Waals surface area contributed by atoms with Gasteiger partial charge in [-0.1, -0.05) is 44.5 Å². The molecule has 2 rings (SSSR count). The topological polar surface area (TPSA) is 29.1 Å². The molecule has 5 unspecified atom stereocenters.